The molecule has 0 aromatic heterocycles. The zero-order chi connectivity index (χ0) is 14.7. The Labute approximate surface area is 121 Å². The number of aliphatic hydroxyl groups excluding tert-OH is 1. The average Bonchev–Trinajstić information content (AvgIpc) is 3.20. The first-order valence-electron chi connectivity index (χ1n) is 7.91. The van der Waals surface area contributed by atoms with E-state index in [0.29, 0.717) is 36.9 Å². The van der Waals surface area contributed by atoms with Gasteiger partial charge in [-0.05, 0) is 50.0 Å². The summed E-state index contributed by atoms with van der Waals surface area (Å²) in [6.07, 6.45) is 3.94. The summed E-state index contributed by atoms with van der Waals surface area (Å²) < 4.78 is 0. The summed E-state index contributed by atoms with van der Waals surface area (Å²) in [4.78, 5) is 13.2. The van der Waals surface area contributed by atoms with E-state index in [1.165, 1.54) is 0 Å². The molecule has 1 saturated carbocycles. The van der Waals surface area contributed by atoms with Gasteiger partial charge in [0, 0.05) is 19.1 Å². The maximum atomic E-state index is 11.5. The van der Waals surface area contributed by atoms with Crippen LogP contribution in [0.15, 0.2) is 0 Å². The second-order valence-corrected chi connectivity index (χ2v) is 6.98. The normalized spacial score (nSPS) is 28.7. The molecule has 1 heterocycles. The van der Waals surface area contributed by atoms with Crippen LogP contribution in [0.1, 0.15) is 39.5 Å². The third-order valence-corrected chi connectivity index (χ3v) is 4.40. The SMILES string of the molecule is CC(C)CNC1CC(CC(O)C2CC2)CN(C(N)=O)C1. The van der Waals surface area contributed by atoms with Crippen LogP contribution in [0.3, 0.4) is 0 Å². The van der Waals surface area contributed by atoms with Crippen molar-refractivity contribution >= 4 is 6.03 Å². The van der Waals surface area contributed by atoms with Gasteiger partial charge in [0.1, 0.15) is 0 Å². The number of aliphatic hydroxyl groups is 1. The van der Waals surface area contributed by atoms with Crippen molar-refractivity contribution in [3.05, 3.63) is 0 Å². The number of likely N-dealkylation sites (tertiary alicyclic amines) is 1. The smallest absolute Gasteiger partial charge is 0.314 e. The summed E-state index contributed by atoms with van der Waals surface area (Å²) in [7, 11) is 0. The van der Waals surface area contributed by atoms with Crippen LogP contribution in [0.2, 0.25) is 0 Å². The van der Waals surface area contributed by atoms with Gasteiger partial charge in [0.25, 0.3) is 0 Å². The predicted octanol–water partition coefficient (Wildman–Crippen LogP) is 1.16. The highest BCUT2D eigenvalue weighted by molar-refractivity contribution is 5.72. The average molecular weight is 283 g/mol. The number of rotatable bonds is 6. The minimum absolute atomic E-state index is 0.196. The van der Waals surface area contributed by atoms with Gasteiger partial charge in [-0.3, -0.25) is 0 Å². The minimum Gasteiger partial charge on any atom is -0.393 e. The van der Waals surface area contributed by atoms with Gasteiger partial charge >= 0.3 is 6.03 Å². The molecule has 3 unspecified atom stereocenters. The van der Waals surface area contributed by atoms with Gasteiger partial charge in [-0.15, -0.1) is 0 Å². The molecule has 0 spiro atoms. The van der Waals surface area contributed by atoms with E-state index in [0.717, 1.165) is 32.2 Å². The van der Waals surface area contributed by atoms with E-state index in [2.05, 4.69) is 19.2 Å². The number of carbonyl (C=O) groups excluding carboxylic acids is 1. The lowest BCUT2D eigenvalue weighted by atomic mass is 9.88. The molecule has 0 aromatic rings. The first-order chi connectivity index (χ1) is 9.45. The fourth-order valence-electron chi connectivity index (χ4n) is 3.12. The molecule has 1 aliphatic heterocycles. The Morgan fingerprint density at radius 3 is 2.65 bits per heavy atom. The first-order valence-corrected chi connectivity index (χ1v) is 7.91. The van der Waals surface area contributed by atoms with Crippen LogP contribution in [0.5, 0.6) is 0 Å². The van der Waals surface area contributed by atoms with Crippen molar-refractivity contribution in [3.63, 3.8) is 0 Å². The van der Waals surface area contributed by atoms with Crippen LogP contribution in [0.25, 0.3) is 0 Å². The van der Waals surface area contributed by atoms with Crippen LogP contribution >= 0.6 is 0 Å². The van der Waals surface area contributed by atoms with Gasteiger partial charge in [0.15, 0.2) is 0 Å². The Morgan fingerprint density at radius 1 is 1.40 bits per heavy atom. The molecule has 20 heavy (non-hydrogen) atoms. The Morgan fingerprint density at radius 2 is 2.10 bits per heavy atom. The quantitative estimate of drug-likeness (QED) is 0.684. The maximum Gasteiger partial charge on any atom is 0.314 e. The number of hydrogen-bond donors (Lipinski definition) is 3. The van der Waals surface area contributed by atoms with Gasteiger partial charge in [-0.1, -0.05) is 13.8 Å². The maximum absolute atomic E-state index is 11.5. The second-order valence-electron chi connectivity index (χ2n) is 6.98. The summed E-state index contributed by atoms with van der Waals surface area (Å²) in [6.45, 7) is 6.69. The van der Waals surface area contributed by atoms with Crippen molar-refractivity contribution in [2.24, 2.45) is 23.5 Å². The zero-order valence-corrected chi connectivity index (χ0v) is 12.7. The molecule has 2 fully saturated rings. The lowest BCUT2D eigenvalue weighted by molar-refractivity contribution is 0.0849. The topological polar surface area (TPSA) is 78.6 Å². The fourth-order valence-corrected chi connectivity index (χ4v) is 3.12. The number of urea groups is 1. The molecule has 0 radical (unpaired) electrons. The number of amides is 2. The monoisotopic (exact) mass is 283 g/mol. The van der Waals surface area contributed by atoms with Crippen LogP contribution in [-0.2, 0) is 0 Å². The molecule has 4 N–H and O–H groups in total. The summed E-state index contributed by atoms with van der Waals surface area (Å²) in [5.74, 6) is 1.45. The van der Waals surface area contributed by atoms with Crippen molar-refractivity contribution < 1.29 is 9.90 Å². The summed E-state index contributed by atoms with van der Waals surface area (Å²) in [5, 5.41) is 13.6. The number of hydrogen-bond acceptors (Lipinski definition) is 3. The Bertz CT molecular complexity index is 331. The zero-order valence-electron chi connectivity index (χ0n) is 12.7. The highest BCUT2D eigenvalue weighted by atomic mass is 16.3. The lowest BCUT2D eigenvalue weighted by Crippen LogP contribution is -2.53. The number of nitrogens with two attached hydrogens (primary N) is 1. The van der Waals surface area contributed by atoms with E-state index in [1.54, 1.807) is 4.90 Å². The molecule has 0 aromatic carbocycles. The predicted molar refractivity (Wildman–Crippen MR) is 79.2 cm³/mol. The molecule has 3 atom stereocenters. The molecule has 5 nitrogen and oxygen atoms in total. The molecule has 1 saturated heterocycles. The van der Waals surface area contributed by atoms with Crippen molar-refractivity contribution in [1.82, 2.24) is 10.2 Å². The number of carbonyl (C=O) groups is 1. The van der Waals surface area contributed by atoms with E-state index >= 15 is 0 Å². The Kier molecular flexibility index (Phi) is 5.27. The van der Waals surface area contributed by atoms with Crippen LogP contribution in [0.4, 0.5) is 4.79 Å². The van der Waals surface area contributed by atoms with Crippen LogP contribution < -0.4 is 11.1 Å². The Balaban J connectivity index is 1.87. The van der Waals surface area contributed by atoms with E-state index in [-0.39, 0.29) is 12.1 Å². The summed E-state index contributed by atoms with van der Waals surface area (Å²) >= 11 is 0. The van der Waals surface area contributed by atoms with Crippen LogP contribution in [0, 0.1) is 17.8 Å². The number of nitrogens with one attached hydrogen (secondary N) is 1. The molecule has 116 valence electrons. The fraction of sp³-hybridized carbons (Fsp3) is 0.933. The molecular weight excluding hydrogens is 254 g/mol. The van der Waals surface area contributed by atoms with E-state index in [4.69, 9.17) is 5.73 Å². The van der Waals surface area contributed by atoms with Crippen molar-refractivity contribution in [2.45, 2.75) is 51.7 Å². The van der Waals surface area contributed by atoms with E-state index in [9.17, 15) is 9.90 Å². The molecule has 5 heteroatoms. The third-order valence-electron chi connectivity index (χ3n) is 4.40. The third kappa shape index (κ3) is 4.63. The van der Waals surface area contributed by atoms with Gasteiger partial charge in [-0.25, -0.2) is 4.79 Å². The number of piperidine rings is 1. The highest BCUT2D eigenvalue weighted by Crippen LogP contribution is 2.36. The molecule has 2 aliphatic rings. The molecule has 1 aliphatic carbocycles. The van der Waals surface area contributed by atoms with Crippen molar-refractivity contribution in [2.75, 3.05) is 19.6 Å². The van der Waals surface area contributed by atoms with Gasteiger partial charge in [-0.2, -0.15) is 0 Å². The largest absolute Gasteiger partial charge is 0.393 e. The van der Waals surface area contributed by atoms with Crippen LogP contribution in [-0.4, -0.2) is 47.8 Å². The number of primary amides is 1. The highest BCUT2D eigenvalue weighted by Gasteiger charge is 2.35. The van der Waals surface area contributed by atoms with Gasteiger partial charge < -0.3 is 21.1 Å². The van der Waals surface area contributed by atoms with Crippen molar-refractivity contribution in [3.8, 4) is 0 Å². The molecular formula is C15H29N3O2. The second kappa shape index (κ2) is 6.76. The molecule has 0 bridgehead atoms. The lowest BCUT2D eigenvalue weighted by Gasteiger charge is -2.38. The van der Waals surface area contributed by atoms with Crippen molar-refractivity contribution in [1.29, 1.82) is 0 Å². The molecule has 2 amide bonds. The van der Waals surface area contributed by atoms with Gasteiger partial charge in [0.05, 0.1) is 6.10 Å². The summed E-state index contributed by atoms with van der Waals surface area (Å²) in [6, 6.07) is -0.0398. The standard InChI is InChI=1S/C15H29N3O2/c1-10(2)7-17-13-5-11(6-14(19)12-3-4-12)8-18(9-13)15(16)20/h10-14,17,19H,3-9H2,1-2H3,(H2,16,20). The summed E-state index contributed by atoms with van der Waals surface area (Å²) in [5.41, 5.74) is 5.45. The van der Waals surface area contributed by atoms with E-state index in [1.807, 2.05) is 0 Å². The molecule has 2 rings (SSSR count). The minimum atomic E-state index is -0.341. The van der Waals surface area contributed by atoms with Gasteiger partial charge in [0.2, 0.25) is 0 Å². The van der Waals surface area contributed by atoms with E-state index < -0.39 is 0 Å². The Hall–Kier alpha value is -0.810. The number of nitrogens with zero attached hydrogens (tertiary/aromatic N) is 1. The first kappa shape index (κ1) is 15.6.